The fourth-order valence-electron chi connectivity index (χ4n) is 3.34. The summed E-state index contributed by atoms with van der Waals surface area (Å²) < 4.78 is 15.3. The van der Waals surface area contributed by atoms with Crippen molar-refractivity contribution >= 4 is 39.4 Å². The number of rotatable bonds is 3. The van der Waals surface area contributed by atoms with Gasteiger partial charge in [-0.15, -0.1) is 0 Å². The van der Waals surface area contributed by atoms with E-state index in [-0.39, 0.29) is 24.6 Å². The fraction of sp³-hybridized carbons (Fsp3) is 0.190. The van der Waals surface area contributed by atoms with Crippen molar-refractivity contribution in [3.63, 3.8) is 0 Å². The lowest BCUT2D eigenvalue weighted by molar-refractivity contribution is -0.140. The molecule has 7 nitrogen and oxygen atoms in total. The number of carbonyl (C=O) groups excluding carboxylic acids is 2. The van der Waals surface area contributed by atoms with Gasteiger partial charge in [0.1, 0.15) is 12.4 Å². The van der Waals surface area contributed by atoms with Crippen LogP contribution in [0.1, 0.15) is 0 Å². The van der Waals surface area contributed by atoms with E-state index in [0.29, 0.717) is 11.2 Å². The molecule has 0 saturated heterocycles. The van der Waals surface area contributed by atoms with E-state index in [2.05, 4.69) is 0 Å². The highest BCUT2D eigenvalue weighted by Gasteiger charge is 2.33. The van der Waals surface area contributed by atoms with E-state index in [0.717, 1.165) is 16.3 Å². The molecule has 2 heterocycles. The van der Waals surface area contributed by atoms with Crippen LogP contribution in [0.3, 0.4) is 0 Å². The Morgan fingerprint density at radius 3 is 2.54 bits per heavy atom. The Kier molecular flexibility index (Phi) is 4.67. The number of ether oxygens (including phenoxy) is 3. The van der Waals surface area contributed by atoms with Crippen molar-refractivity contribution in [3.8, 4) is 0 Å². The predicted molar refractivity (Wildman–Crippen MR) is 104 cm³/mol. The highest BCUT2D eigenvalue weighted by molar-refractivity contribution is 6.06. The van der Waals surface area contributed by atoms with Crippen LogP contribution in [0.15, 0.2) is 59.8 Å². The topological polar surface area (TPSA) is 78.0 Å². The molecule has 142 valence electrons. The molecule has 0 spiro atoms. The highest BCUT2D eigenvalue weighted by atomic mass is 16.5. The molecule has 0 radical (unpaired) electrons. The second kappa shape index (κ2) is 7.28. The van der Waals surface area contributed by atoms with Crippen LogP contribution in [0.4, 0.5) is 5.69 Å². The number of nitrogens with zero attached hydrogens (tertiary/aromatic N) is 2. The van der Waals surface area contributed by atoms with Crippen LogP contribution in [0.5, 0.6) is 0 Å². The fourth-order valence-corrected chi connectivity index (χ4v) is 3.34. The summed E-state index contributed by atoms with van der Waals surface area (Å²) in [7, 11) is 2.53. The van der Waals surface area contributed by atoms with Gasteiger partial charge >= 0.3 is 11.9 Å². The molecule has 2 aromatic carbocycles. The zero-order chi connectivity index (χ0) is 19.7. The molecule has 4 rings (SSSR count). The zero-order valence-electron chi connectivity index (χ0n) is 15.5. The van der Waals surface area contributed by atoms with Crippen LogP contribution >= 0.6 is 0 Å². The first-order valence-corrected chi connectivity index (χ1v) is 8.67. The predicted octanol–water partition coefficient (Wildman–Crippen LogP) is 2.78. The summed E-state index contributed by atoms with van der Waals surface area (Å²) in [5.41, 5.74) is 2.38. The van der Waals surface area contributed by atoms with E-state index in [1.165, 1.54) is 14.2 Å². The number of esters is 2. The van der Waals surface area contributed by atoms with Crippen LogP contribution in [0.25, 0.3) is 21.8 Å². The van der Waals surface area contributed by atoms with E-state index >= 15 is 0 Å². The Morgan fingerprint density at radius 2 is 1.75 bits per heavy atom. The maximum absolute atomic E-state index is 12.5. The number of methoxy groups -OCH3 is 2. The van der Waals surface area contributed by atoms with Gasteiger partial charge in [-0.3, -0.25) is 0 Å². The average molecular weight is 378 g/mol. The normalized spacial score (nSPS) is 14.4. The molecule has 0 unspecified atom stereocenters. The average Bonchev–Trinajstić information content (AvgIpc) is 2.75. The van der Waals surface area contributed by atoms with Gasteiger partial charge in [-0.25, -0.2) is 14.6 Å². The second-order valence-corrected chi connectivity index (χ2v) is 6.25. The third-order valence-corrected chi connectivity index (χ3v) is 4.65. The number of para-hydroxylation sites is 2. The number of carbonyl (C=O) groups is 2. The molecule has 0 amide bonds. The molecule has 1 aromatic heterocycles. The van der Waals surface area contributed by atoms with Crippen molar-refractivity contribution in [2.75, 3.05) is 32.5 Å². The van der Waals surface area contributed by atoms with Gasteiger partial charge in [0.15, 0.2) is 0 Å². The first-order chi connectivity index (χ1) is 13.6. The number of aromatic nitrogens is 1. The molecular weight excluding hydrogens is 360 g/mol. The quantitative estimate of drug-likeness (QED) is 0.512. The van der Waals surface area contributed by atoms with E-state index in [1.54, 1.807) is 4.90 Å². The van der Waals surface area contributed by atoms with Crippen LogP contribution < -0.4 is 4.90 Å². The third kappa shape index (κ3) is 2.95. The van der Waals surface area contributed by atoms with Gasteiger partial charge in [0.2, 0.25) is 0 Å². The minimum Gasteiger partial charge on any atom is -0.466 e. The third-order valence-electron chi connectivity index (χ3n) is 4.65. The number of benzene rings is 2. The molecule has 1 aliphatic heterocycles. The van der Waals surface area contributed by atoms with Crippen LogP contribution in [-0.2, 0) is 23.8 Å². The maximum atomic E-state index is 12.5. The van der Waals surface area contributed by atoms with E-state index in [9.17, 15) is 9.59 Å². The summed E-state index contributed by atoms with van der Waals surface area (Å²) in [5, 5.41) is 1.92. The van der Waals surface area contributed by atoms with Gasteiger partial charge in [0.05, 0.1) is 43.1 Å². The van der Waals surface area contributed by atoms with Crippen molar-refractivity contribution in [2.45, 2.75) is 0 Å². The Balaban J connectivity index is 1.95. The summed E-state index contributed by atoms with van der Waals surface area (Å²) in [5.74, 6) is -1.27. The summed E-state index contributed by atoms with van der Waals surface area (Å²) in [4.78, 5) is 31.1. The minimum absolute atomic E-state index is 0.0330. The lowest BCUT2D eigenvalue weighted by Gasteiger charge is -2.31. The van der Waals surface area contributed by atoms with Crippen molar-refractivity contribution in [1.29, 1.82) is 0 Å². The maximum Gasteiger partial charge on any atom is 0.355 e. The summed E-state index contributed by atoms with van der Waals surface area (Å²) in [6, 6.07) is 15.5. The Hall–Kier alpha value is -3.45. The number of hydrogen-bond donors (Lipinski definition) is 0. The van der Waals surface area contributed by atoms with Crippen molar-refractivity contribution in [1.82, 2.24) is 4.98 Å². The first-order valence-electron chi connectivity index (χ1n) is 8.67. The van der Waals surface area contributed by atoms with Crippen LogP contribution in [0, 0.1) is 0 Å². The Labute approximate surface area is 161 Å². The van der Waals surface area contributed by atoms with Crippen molar-refractivity contribution in [3.05, 3.63) is 59.8 Å². The zero-order valence-corrected chi connectivity index (χ0v) is 15.5. The van der Waals surface area contributed by atoms with E-state index in [1.807, 2.05) is 48.5 Å². The first kappa shape index (κ1) is 17.9. The van der Waals surface area contributed by atoms with E-state index in [4.69, 9.17) is 19.2 Å². The molecule has 3 aromatic rings. The van der Waals surface area contributed by atoms with E-state index < -0.39 is 11.9 Å². The number of hydrogen-bond acceptors (Lipinski definition) is 7. The molecular formula is C21H18N2O5. The summed E-state index contributed by atoms with van der Waals surface area (Å²) in [6.07, 6.45) is 0. The highest BCUT2D eigenvalue weighted by Crippen LogP contribution is 2.33. The molecule has 0 saturated carbocycles. The van der Waals surface area contributed by atoms with Crippen LogP contribution in [0.2, 0.25) is 0 Å². The summed E-state index contributed by atoms with van der Waals surface area (Å²) in [6.45, 7) is 0.0489. The smallest absolute Gasteiger partial charge is 0.355 e. The molecule has 0 fully saturated rings. The number of fused-ring (bicyclic) bond motifs is 2. The van der Waals surface area contributed by atoms with Gasteiger partial charge in [-0.05, 0) is 18.2 Å². The summed E-state index contributed by atoms with van der Waals surface area (Å²) >= 11 is 0. The van der Waals surface area contributed by atoms with Gasteiger partial charge < -0.3 is 19.1 Å². The Bertz CT molecular complexity index is 1120. The lowest BCUT2D eigenvalue weighted by atomic mass is 10.1. The molecule has 0 atom stereocenters. The van der Waals surface area contributed by atoms with Gasteiger partial charge in [0.25, 0.3) is 0 Å². The molecule has 1 aliphatic rings. The second-order valence-electron chi connectivity index (χ2n) is 6.25. The lowest BCUT2D eigenvalue weighted by Crippen LogP contribution is -2.39. The Morgan fingerprint density at radius 1 is 1.00 bits per heavy atom. The van der Waals surface area contributed by atoms with Gasteiger partial charge in [0, 0.05) is 10.8 Å². The van der Waals surface area contributed by atoms with Gasteiger partial charge in [-0.2, -0.15) is 0 Å². The molecule has 0 aliphatic carbocycles. The largest absolute Gasteiger partial charge is 0.466 e. The molecule has 0 bridgehead atoms. The van der Waals surface area contributed by atoms with Crippen molar-refractivity contribution in [2.24, 2.45) is 0 Å². The number of anilines is 1. The van der Waals surface area contributed by atoms with Crippen LogP contribution in [-0.4, -0.2) is 44.5 Å². The number of pyridine rings is 1. The molecule has 28 heavy (non-hydrogen) atoms. The molecule has 7 heteroatoms. The monoisotopic (exact) mass is 378 g/mol. The molecule has 0 N–H and O–H groups in total. The van der Waals surface area contributed by atoms with Crippen molar-refractivity contribution < 1.29 is 23.8 Å². The van der Waals surface area contributed by atoms with Gasteiger partial charge in [-0.1, -0.05) is 30.3 Å². The minimum atomic E-state index is -0.638. The standard InChI is InChI=1S/C21H18N2O5/c1-26-20(24)15-11-28-12-23(19(15)21(25)27-2)17-9-5-7-14-10-13-6-3-4-8-16(13)22-18(14)17/h3-10H,11-12H2,1-2H3. The SMILES string of the molecule is COC(=O)C1=C(C(=O)OC)N(c2cccc3cc4ccccc4nc23)COC1.